The van der Waals surface area contributed by atoms with E-state index in [2.05, 4.69) is 20.9 Å². The Kier molecular flexibility index (Phi) is 3.63. The zero-order valence-corrected chi connectivity index (χ0v) is 12.5. The summed E-state index contributed by atoms with van der Waals surface area (Å²) < 4.78 is 28.4. The monoisotopic (exact) mass is 351 g/mol. The molecule has 0 saturated heterocycles. The van der Waals surface area contributed by atoms with Crippen LogP contribution >= 0.6 is 15.9 Å². The number of benzene rings is 2. The van der Waals surface area contributed by atoms with Crippen LogP contribution < -0.4 is 10.6 Å². The molecule has 1 atom stereocenters. The van der Waals surface area contributed by atoms with Crippen molar-refractivity contribution in [2.24, 2.45) is 10.7 Å². The van der Waals surface area contributed by atoms with Crippen molar-refractivity contribution in [1.82, 2.24) is 0 Å². The lowest BCUT2D eigenvalue weighted by Gasteiger charge is -2.27. The molecule has 2 N–H and O–H groups in total. The predicted octanol–water partition coefficient (Wildman–Crippen LogP) is 3.60. The lowest BCUT2D eigenvalue weighted by atomic mass is 10.0. The SMILES string of the molecule is NC1=NCC(c2cc(F)ccc2F)N1c1ccc(Br)cc1. The number of nitrogens with zero attached hydrogens (tertiary/aromatic N) is 2. The zero-order valence-electron chi connectivity index (χ0n) is 10.9. The van der Waals surface area contributed by atoms with Gasteiger partial charge >= 0.3 is 0 Å². The first-order valence-electron chi connectivity index (χ1n) is 6.36. The average Bonchev–Trinajstić information content (AvgIpc) is 2.84. The third-order valence-corrected chi connectivity index (χ3v) is 3.94. The van der Waals surface area contributed by atoms with Gasteiger partial charge < -0.3 is 10.6 Å². The van der Waals surface area contributed by atoms with E-state index in [4.69, 9.17) is 5.73 Å². The van der Waals surface area contributed by atoms with Gasteiger partial charge in [0.05, 0.1) is 12.6 Å². The Morgan fingerprint density at radius 2 is 1.86 bits per heavy atom. The molecule has 3 rings (SSSR count). The summed E-state index contributed by atoms with van der Waals surface area (Å²) in [5, 5.41) is 0. The summed E-state index contributed by atoms with van der Waals surface area (Å²) in [6.45, 7) is 0.294. The summed E-state index contributed by atoms with van der Waals surface area (Å²) in [4.78, 5) is 5.88. The van der Waals surface area contributed by atoms with Crippen LogP contribution in [0.25, 0.3) is 0 Å². The quantitative estimate of drug-likeness (QED) is 0.897. The van der Waals surface area contributed by atoms with Gasteiger partial charge in [-0.05, 0) is 42.5 Å². The Morgan fingerprint density at radius 1 is 1.14 bits per heavy atom. The van der Waals surface area contributed by atoms with Crippen molar-refractivity contribution in [2.75, 3.05) is 11.4 Å². The van der Waals surface area contributed by atoms with Crippen LogP contribution in [0.15, 0.2) is 51.9 Å². The molecule has 2 aromatic rings. The summed E-state index contributed by atoms with van der Waals surface area (Å²) in [5.74, 6) is -0.646. The maximum Gasteiger partial charge on any atom is 0.196 e. The lowest BCUT2D eigenvalue weighted by molar-refractivity contribution is 0.568. The van der Waals surface area contributed by atoms with Gasteiger partial charge in [-0.15, -0.1) is 0 Å². The molecule has 3 nitrogen and oxygen atoms in total. The van der Waals surface area contributed by atoms with E-state index >= 15 is 0 Å². The lowest BCUT2D eigenvalue weighted by Crippen LogP contribution is -2.36. The second kappa shape index (κ2) is 5.44. The van der Waals surface area contributed by atoms with Gasteiger partial charge in [0.1, 0.15) is 11.6 Å². The van der Waals surface area contributed by atoms with Crippen molar-refractivity contribution < 1.29 is 8.78 Å². The fourth-order valence-electron chi connectivity index (χ4n) is 2.42. The Balaban J connectivity index is 2.02. The number of hydrogen-bond acceptors (Lipinski definition) is 3. The molecule has 1 unspecified atom stereocenters. The summed E-state index contributed by atoms with van der Waals surface area (Å²) in [5.41, 5.74) is 6.95. The molecule has 0 saturated carbocycles. The molecule has 21 heavy (non-hydrogen) atoms. The van der Waals surface area contributed by atoms with Crippen molar-refractivity contribution in [3.63, 3.8) is 0 Å². The Labute approximate surface area is 129 Å². The normalized spacial score (nSPS) is 18.0. The highest BCUT2D eigenvalue weighted by molar-refractivity contribution is 9.10. The minimum atomic E-state index is -0.479. The molecule has 0 spiro atoms. The first-order chi connectivity index (χ1) is 10.1. The summed E-state index contributed by atoms with van der Waals surface area (Å²) >= 11 is 3.36. The van der Waals surface area contributed by atoms with E-state index in [1.807, 2.05) is 24.3 Å². The number of nitrogens with two attached hydrogens (primary N) is 1. The van der Waals surface area contributed by atoms with Crippen LogP contribution in [-0.2, 0) is 0 Å². The van der Waals surface area contributed by atoms with Gasteiger partial charge in [0, 0.05) is 15.7 Å². The van der Waals surface area contributed by atoms with E-state index in [1.165, 1.54) is 6.07 Å². The minimum absolute atomic E-state index is 0.252. The molecule has 0 bridgehead atoms. The first kappa shape index (κ1) is 14.0. The van der Waals surface area contributed by atoms with E-state index in [-0.39, 0.29) is 5.56 Å². The van der Waals surface area contributed by atoms with E-state index in [0.717, 1.165) is 22.3 Å². The van der Waals surface area contributed by atoms with Gasteiger partial charge in [0.15, 0.2) is 5.96 Å². The minimum Gasteiger partial charge on any atom is -0.369 e. The number of guanidine groups is 1. The molecule has 108 valence electrons. The maximum atomic E-state index is 14.0. The molecular formula is C15H12BrF2N3. The fourth-order valence-corrected chi connectivity index (χ4v) is 2.68. The van der Waals surface area contributed by atoms with E-state index in [0.29, 0.717) is 12.5 Å². The van der Waals surface area contributed by atoms with Crippen molar-refractivity contribution in [3.8, 4) is 0 Å². The first-order valence-corrected chi connectivity index (χ1v) is 7.15. The largest absolute Gasteiger partial charge is 0.369 e. The molecule has 0 radical (unpaired) electrons. The summed E-state index contributed by atoms with van der Waals surface area (Å²) in [6.07, 6.45) is 0. The highest BCUT2D eigenvalue weighted by Gasteiger charge is 2.31. The van der Waals surface area contributed by atoms with E-state index in [1.54, 1.807) is 4.90 Å². The van der Waals surface area contributed by atoms with Gasteiger partial charge in [-0.2, -0.15) is 0 Å². The van der Waals surface area contributed by atoms with Gasteiger partial charge in [-0.1, -0.05) is 15.9 Å². The molecular weight excluding hydrogens is 340 g/mol. The summed E-state index contributed by atoms with van der Waals surface area (Å²) in [6, 6.07) is 10.4. The molecule has 0 aromatic heterocycles. The zero-order chi connectivity index (χ0) is 15.0. The molecule has 1 heterocycles. The Morgan fingerprint density at radius 3 is 2.57 bits per heavy atom. The van der Waals surface area contributed by atoms with Crippen LogP contribution in [0.5, 0.6) is 0 Å². The second-order valence-corrected chi connectivity index (χ2v) is 5.64. The summed E-state index contributed by atoms with van der Waals surface area (Å²) in [7, 11) is 0. The van der Waals surface area contributed by atoms with Crippen LogP contribution in [0.2, 0.25) is 0 Å². The van der Waals surface area contributed by atoms with Crippen molar-refractivity contribution in [1.29, 1.82) is 0 Å². The van der Waals surface area contributed by atoms with Crippen molar-refractivity contribution in [3.05, 3.63) is 64.1 Å². The Bertz CT molecular complexity index is 701. The fraction of sp³-hybridized carbons (Fsp3) is 0.133. The number of aliphatic imine (C=N–C) groups is 1. The number of anilines is 1. The standard InChI is InChI=1S/C15H12BrF2N3/c16-9-1-4-11(5-2-9)21-14(8-20-15(21)19)12-7-10(17)3-6-13(12)18/h1-7,14H,8H2,(H2,19,20). The maximum absolute atomic E-state index is 14.0. The average molecular weight is 352 g/mol. The van der Waals surface area contributed by atoms with Crippen LogP contribution in [0.3, 0.4) is 0 Å². The van der Waals surface area contributed by atoms with Crippen molar-refractivity contribution in [2.45, 2.75) is 6.04 Å². The number of hydrogen-bond donors (Lipinski definition) is 1. The van der Waals surface area contributed by atoms with Crippen LogP contribution in [0, 0.1) is 11.6 Å². The molecule has 0 fully saturated rings. The van der Waals surface area contributed by atoms with Crippen LogP contribution in [-0.4, -0.2) is 12.5 Å². The van der Waals surface area contributed by atoms with Crippen molar-refractivity contribution >= 4 is 27.6 Å². The predicted molar refractivity (Wildman–Crippen MR) is 82.2 cm³/mol. The topological polar surface area (TPSA) is 41.6 Å². The third kappa shape index (κ3) is 2.63. The Hall–Kier alpha value is -1.95. The van der Waals surface area contributed by atoms with Crippen LogP contribution in [0.4, 0.5) is 14.5 Å². The molecule has 6 heteroatoms. The van der Waals surface area contributed by atoms with E-state index < -0.39 is 17.7 Å². The third-order valence-electron chi connectivity index (χ3n) is 3.41. The molecule has 1 aliphatic rings. The van der Waals surface area contributed by atoms with Gasteiger partial charge in [-0.3, -0.25) is 4.99 Å². The number of rotatable bonds is 2. The smallest absolute Gasteiger partial charge is 0.196 e. The van der Waals surface area contributed by atoms with Gasteiger partial charge in [0.2, 0.25) is 0 Å². The molecule has 2 aromatic carbocycles. The molecule has 0 aliphatic carbocycles. The molecule has 0 amide bonds. The van der Waals surface area contributed by atoms with E-state index in [9.17, 15) is 8.78 Å². The van der Waals surface area contributed by atoms with Gasteiger partial charge in [-0.25, -0.2) is 8.78 Å². The highest BCUT2D eigenvalue weighted by atomic mass is 79.9. The second-order valence-electron chi connectivity index (χ2n) is 4.73. The number of halogens is 3. The van der Waals surface area contributed by atoms with Crippen LogP contribution in [0.1, 0.15) is 11.6 Å². The molecule has 1 aliphatic heterocycles. The van der Waals surface area contributed by atoms with Gasteiger partial charge in [0.25, 0.3) is 0 Å². The highest BCUT2D eigenvalue weighted by Crippen LogP contribution is 2.33.